The fourth-order valence-electron chi connectivity index (χ4n) is 2.97. The third-order valence-corrected chi connectivity index (χ3v) is 5.73. The number of amides is 2. The lowest BCUT2D eigenvalue weighted by Crippen LogP contribution is -2.13. The van der Waals surface area contributed by atoms with Gasteiger partial charge in [-0.05, 0) is 30.7 Å². The number of benzene rings is 2. The molecular formula is C21H21N5O2S. The number of anilines is 1. The van der Waals surface area contributed by atoms with E-state index in [-0.39, 0.29) is 11.8 Å². The molecule has 29 heavy (non-hydrogen) atoms. The normalized spacial score (nSPS) is 12.7. The molecule has 0 spiro atoms. The van der Waals surface area contributed by atoms with Crippen molar-refractivity contribution in [3.05, 3.63) is 59.7 Å². The van der Waals surface area contributed by atoms with Crippen LogP contribution in [0.4, 0.5) is 5.69 Å². The van der Waals surface area contributed by atoms with Gasteiger partial charge in [0.15, 0.2) is 11.0 Å². The van der Waals surface area contributed by atoms with Crippen molar-refractivity contribution >= 4 is 29.3 Å². The molecular weight excluding hydrogens is 386 g/mol. The van der Waals surface area contributed by atoms with Crippen molar-refractivity contribution in [3.8, 4) is 11.4 Å². The lowest BCUT2D eigenvalue weighted by atomic mass is 10.1. The van der Waals surface area contributed by atoms with E-state index in [0.29, 0.717) is 28.0 Å². The smallest absolute Gasteiger partial charge is 0.255 e. The quantitative estimate of drug-likeness (QED) is 0.502. The second-order valence-corrected chi connectivity index (χ2v) is 7.83. The maximum atomic E-state index is 12.6. The molecule has 0 bridgehead atoms. The first-order valence-electron chi connectivity index (χ1n) is 9.30. The maximum absolute atomic E-state index is 12.6. The molecule has 2 amide bonds. The van der Waals surface area contributed by atoms with Gasteiger partial charge >= 0.3 is 0 Å². The van der Waals surface area contributed by atoms with E-state index in [1.54, 1.807) is 11.0 Å². The molecule has 2 heterocycles. The van der Waals surface area contributed by atoms with E-state index in [1.165, 1.54) is 11.8 Å². The summed E-state index contributed by atoms with van der Waals surface area (Å²) in [6.07, 6.45) is 0. The minimum atomic E-state index is -0.150. The number of nitrogens with one attached hydrogen (secondary N) is 1. The van der Waals surface area contributed by atoms with E-state index >= 15 is 0 Å². The van der Waals surface area contributed by atoms with Gasteiger partial charge in [-0.15, -0.1) is 10.2 Å². The molecule has 3 aromatic rings. The summed E-state index contributed by atoms with van der Waals surface area (Å²) in [5.41, 5.74) is 3.09. The van der Waals surface area contributed by atoms with E-state index in [1.807, 2.05) is 61.0 Å². The molecule has 4 rings (SSSR count). The summed E-state index contributed by atoms with van der Waals surface area (Å²) in [4.78, 5) is 26.2. The zero-order valence-corrected chi connectivity index (χ0v) is 17.1. The second-order valence-electron chi connectivity index (χ2n) is 6.88. The summed E-state index contributed by atoms with van der Waals surface area (Å²) in [6.45, 7) is 3.62. The summed E-state index contributed by atoms with van der Waals surface area (Å²) in [7, 11) is 1.87. The van der Waals surface area contributed by atoms with Crippen LogP contribution in [-0.4, -0.2) is 50.3 Å². The van der Waals surface area contributed by atoms with Gasteiger partial charge in [-0.3, -0.25) is 9.59 Å². The monoisotopic (exact) mass is 407 g/mol. The first-order chi connectivity index (χ1) is 14.0. The third kappa shape index (κ3) is 4.32. The SMILES string of the molecule is Cc1ccccc1C(=O)Nc1cccc(-c2nnc(SCC(=O)N3CC3)n2C)c1. The molecule has 7 nitrogen and oxygen atoms in total. The summed E-state index contributed by atoms with van der Waals surface area (Å²) < 4.78 is 1.86. The van der Waals surface area contributed by atoms with Gasteiger partial charge in [-0.2, -0.15) is 0 Å². The van der Waals surface area contributed by atoms with Crippen LogP contribution in [0.5, 0.6) is 0 Å². The molecule has 1 aliphatic rings. The fourth-order valence-corrected chi connectivity index (χ4v) is 3.78. The number of rotatable bonds is 6. The van der Waals surface area contributed by atoms with Crippen LogP contribution in [0.25, 0.3) is 11.4 Å². The van der Waals surface area contributed by atoms with E-state index < -0.39 is 0 Å². The molecule has 0 aliphatic carbocycles. The van der Waals surface area contributed by atoms with Crippen molar-refractivity contribution in [2.24, 2.45) is 7.05 Å². The Kier molecular flexibility index (Phi) is 5.35. The Morgan fingerprint density at radius 3 is 2.66 bits per heavy atom. The van der Waals surface area contributed by atoms with Crippen LogP contribution in [0.3, 0.4) is 0 Å². The largest absolute Gasteiger partial charge is 0.338 e. The molecule has 1 fully saturated rings. The Balaban J connectivity index is 1.49. The van der Waals surface area contributed by atoms with Crippen LogP contribution in [-0.2, 0) is 11.8 Å². The standard InChI is InChI=1S/C21H21N5O2S/c1-14-6-3-4-9-17(14)20(28)22-16-8-5-7-15(12-16)19-23-24-21(25(19)2)29-13-18(27)26-10-11-26/h3-9,12H,10-11,13H2,1-2H3,(H,22,28). The molecule has 1 aromatic heterocycles. The molecule has 8 heteroatoms. The van der Waals surface area contributed by atoms with Gasteiger partial charge in [-0.1, -0.05) is 42.1 Å². The van der Waals surface area contributed by atoms with Crippen molar-refractivity contribution in [1.82, 2.24) is 19.7 Å². The summed E-state index contributed by atoms with van der Waals surface area (Å²) in [5, 5.41) is 12.1. The van der Waals surface area contributed by atoms with Gasteiger partial charge < -0.3 is 14.8 Å². The predicted molar refractivity (Wildman–Crippen MR) is 113 cm³/mol. The average molecular weight is 407 g/mol. The van der Waals surface area contributed by atoms with Crippen molar-refractivity contribution in [1.29, 1.82) is 0 Å². The number of aromatic nitrogens is 3. The number of hydrogen-bond acceptors (Lipinski definition) is 5. The molecule has 2 aromatic carbocycles. The van der Waals surface area contributed by atoms with Crippen molar-refractivity contribution in [2.75, 3.05) is 24.2 Å². The Morgan fingerprint density at radius 1 is 1.10 bits per heavy atom. The fraction of sp³-hybridized carbons (Fsp3) is 0.238. The molecule has 1 saturated heterocycles. The molecule has 1 aliphatic heterocycles. The van der Waals surface area contributed by atoms with Gasteiger partial charge in [0.05, 0.1) is 5.75 Å². The highest BCUT2D eigenvalue weighted by molar-refractivity contribution is 7.99. The number of aryl methyl sites for hydroxylation is 1. The number of nitrogens with zero attached hydrogens (tertiary/aromatic N) is 4. The first-order valence-corrected chi connectivity index (χ1v) is 10.3. The van der Waals surface area contributed by atoms with Gasteiger partial charge in [0.25, 0.3) is 5.91 Å². The van der Waals surface area contributed by atoms with Crippen LogP contribution in [0.15, 0.2) is 53.7 Å². The summed E-state index contributed by atoms with van der Waals surface area (Å²) in [5.74, 6) is 1.01. The molecule has 0 unspecified atom stereocenters. The highest BCUT2D eigenvalue weighted by atomic mass is 32.2. The van der Waals surface area contributed by atoms with Gasteiger partial charge in [0, 0.05) is 37.0 Å². The lowest BCUT2D eigenvalue weighted by Gasteiger charge is -2.09. The van der Waals surface area contributed by atoms with Crippen molar-refractivity contribution in [3.63, 3.8) is 0 Å². The van der Waals surface area contributed by atoms with Crippen LogP contribution >= 0.6 is 11.8 Å². The van der Waals surface area contributed by atoms with Crippen LogP contribution in [0.1, 0.15) is 15.9 Å². The molecule has 0 atom stereocenters. The number of carbonyl (C=O) groups excluding carboxylic acids is 2. The maximum Gasteiger partial charge on any atom is 0.255 e. The Labute approximate surface area is 173 Å². The lowest BCUT2D eigenvalue weighted by molar-refractivity contribution is -0.123. The highest BCUT2D eigenvalue weighted by Gasteiger charge is 2.24. The van der Waals surface area contributed by atoms with Crippen LogP contribution < -0.4 is 5.32 Å². The number of hydrogen-bond donors (Lipinski definition) is 1. The number of thioether (sulfide) groups is 1. The average Bonchev–Trinajstić information content (AvgIpc) is 3.50. The topological polar surface area (TPSA) is 79.9 Å². The molecule has 148 valence electrons. The van der Waals surface area contributed by atoms with E-state index in [0.717, 1.165) is 24.2 Å². The zero-order chi connectivity index (χ0) is 20.4. The first kappa shape index (κ1) is 19.2. The van der Waals surface area contributed by atoms with E-state index in [4.69, 9.17) is 0 Å². The molecule has 1 N–H and O–H groups in total. The van der Waals surface area contributed by atoms with Crippen LogP contribution in [0, 0.1) is 6.92 Å². The second kappa shape index (κ2) is 8.08. The van der Waals surface area contributed by atoms with Gasteiger partial charge in [0.1, 0.15) is 0 Å². The van der Waals surface area contributed by atoms with Crippen molar-refractivity contribution < 1.29 is 9.59 Å². The Bertz CT molecular complexity index is 1070. The summed E-state index contributed by atoms with van der Waals surface area (Å²) >= 11 is 1.38. The van der Waals surface area contributed by atoms with Gasteiger partial charge in [0.2, 0.25) is 5.91 Å². The summed E-state index contributed by atoms with van der Waals surface area (Å²) in [6, 6.07) is 15.0. The van der Waals surface area contributed by atoms with Crippen LogP contribution in [0.2, 0.25) is 0 Å². The predicted octanol–water partition coefficient (Wildman–Crippen LogP) is 2.98. The van der Waals surface area contributed by atoms with Crippen molar-refractivity contribution in [2.45, 2.75) is 12.1 Å². The molecule has 0 radical (unpaired) electrons. The minimum Gasteiger partial charge on any atom is -0.338 e. The number of carbonyl (C=O) groups is 2. The van der Waals surface area contributed by atoms with E-state index in [9.17, 15) is 9.59 Å². The Hall–Kier alpha value is -3.13. The van der Waals surface area contributed by atoms with Gasteiger partial charge in [-0.25, -0.2) is 0 Å². The molecule has 0 saturated carbocycles. The highest BCUT2D eigenvalue weighted by Crippen LogP contribution is 2.25. The Morgan fingerprint density at radius 2 is 1.90 bits per heavy atom. The van der Waals surface area contributed by atoms with E-state index in [2.05, 4.69) is 15.5 Å². The third-order valence-electron chi connectivity index (χ3n) is 4.73. The zero-order valence-electron chi connectivity index (χ0n) is 16.3. The minimum absolute atomic E-state index is 0.125.